The van der Waals surface area contributed by atoms with Crippen molar-refractivity contribution in [3.8, 4) is 45.8 Å². The van der Waals surface area contributed by atoms with E-state index in [9.17, 15) is 35.4 Å². The summed E-state index contributed by atoms with van der Waals surface area (Å²) in [5, 5.41) is 60.3. The lowest BCUT2D eigenvalue weighted by atomic mass is 9.99. The van der Waals surface area contributed by atoms with Crippen LogP contribution in [0.1, 0.15) is 0 Å². The maximum absolute atomic E-state index is 13.2. The second kappa shape index (κ2) is 10.3. The minimum atomic E-state index is -1.69. The van der Waals surface area contributed by atoms with Crippen molar-refractivity contribution in [3.05, 3.63) is 34.5 Å². The van der Waals surface area contributed by atoms with Gasteiger partial charge in [-0.2, -0.15) is 0 Å². The second-order valence-electron chi connectivity index (χ2n) is 8.13. The Kier molecular flexibility index (Phi) is 7.34. The summed E-state index contributed by atoms with van der Waals surface area (Å²) in [6.07, 6.45) is -7.65. The first-order valence-corrected chi connectivity index (χ1v) is 11.0. The summed E-state index contributed by atoms with van der Waals surface area (Å²) in [6.45, 7) is -0.650. The van der Waals surface area contributed by atoms with Crippen LogP contribution in [0.4, 0.5) is 0 Å². The highest BCUT2D eigenvalue weighted by atomic mass is 16.7. The number of hydrogen-bond acceptors (Lipinski definition) is 13. The Bertz CT molecular complexity index is 1350. The fourth-order valence-electron chi connectivity index (χ4n) is 4.05. The Balaban J connectivity index is 1.75. The maximum atomic E-state index is 13.2. The van der Waals surface area contributed by atoms with Crippen molar-refractivity contribution in [1.29, 1.82) is 0 Å². The van der Waals surface area contributed by atoms with Crippen molar-refractivity contribution >= 4 is 11.0 Å². The predicted octanol–water partition coefficient (Wildman–Crippen LogP) is 0.0757. The molecule has 2 aromatic carbocycles. The third-order valence-electron chi connectivity index (χ3n) is 5.98. The Hall–Kier alpha value is -3.75. The molecule has 0 saturated carbocycles. The molecule has 0 bridgehead atoms. The molecule has 13 nitrogen and oxygen atoms in total. The number of rotatable bonds is 7. The summed E-state index contributed by atoms with van der Waals surface area (Å²) in [5.74, 6) is -1.45. The van der Waals surface area contributed by atoms with Gasteiger partial charge in [-0.3, -0.25) is 4.79 Å². The van der Waals surface area contributed by atoms with E-state index in [1.165, 1.54) is 45.6 Å². The van der Waals surface area contributed by atoms with E-state index in [-0.39, 0.29) is 45.3 Å². The summed E-state index contributed by atoms with van der Waals surface area (Å²) < 4.78 is 32.2. The molecule has 37 heavy (non-hydrogen) atoms. The fraction of sp³-hybridized carbons (Fsp3) is 0.375. The van der Waals surface area contributed by atoms with Crippen molar-refractivity contribution < 1.29 is 58.7 Å². The smallest absolute Gasteiger partial charge is 0.239 e. The molecule has 200 valence electrons. The van der Waals surface area contributed by atoms with Gasteiger partial charge in [-0.15, -0.1) is 0 Å². The van der Waals surface area contributed by atoms with Crippen LogP contribution in [0, 0.1) is 0 Å². The van der Waals surface area contributed by atoms with E-state index in [1.54, 1.807) is 0 Å². The van der Waals surface area contributed by atoms with Gasteiger partial charge >= 0.3 is 0 Å². The Morgan fingerprint density at radius 3 is 2.19 bits per heavy atom. The van der Waals surface area contributed by atoms with Gasteiger partial charge < -0.3 is 58.7 Å². The lowest BCUT2D eigenvalue weighted by molar-refractivity contribution is -0.277. The van der Waals surface area contributed by atoms with Gasteiger partial charge in [-0.1, -0.05) is 0 Å². The summed E-state index contributed by atoms with van der Waals surface area (Å²) >= 11 is 0. The van der Waals surface area contributed by atoms with E-state index in [2.05, 4.69) is 0 Å². The summed E-state index contributed by atoms with van der Waals surface area (Å²) in [6, 6.07) is 5.23. The van der Waals surface area contributed by atoms with Crippen LogP contribution in [-0.2, 0) is 4.74 Å². The number of phenols is 2. The zero-order chi connectivity index (χ0) is 27.0. The van der Waals surface area contributed by atoms with E-state index in [1.807, 2.05) is 0 Å². The summed E-state index contributed by atoms with van der Waals surface area (Å²) in [7, 11) is 3.88. The first kappa shape index (κ1) is 26.3. The third-order valence-corrected chi connectivity index (χ3v) is 5.98. The molecule has 0 amide bonds. The molecule has 13 heteroatoms. The number of aromatic hydroxyl groups is 2. The van der Waals surface area contributed by atoms with E-state index in [0.29, 0.717) is 0 Å². The van der Waals surface area contributed by atoms with Crippen molar-refractivity contribution in [3.63, 3.8) is 0 Å². The molecule has 1 aliphatic heterocycles. The maximum Gasteiger partial charge on any atom is 0.239 e. The van der Waals surface area contributed by atoms with Crippen LogP contribution in [0.15, 0.2) is 33.5 Å². The quantitative estimate of drug-likeness (QED) is 0.244. The number of fused-ring (bicyclic) bond motifs is 1. The van der Waals surface area contributed by atoms with E-state index >= 15 is 0 Å². The number of aliphatic hydroxyl groups is 4. The largest absolute Gasteiger partial charge is 0.504 e. The minimum Gasteiger partial charge on any atom is -0.504 e. The van der Waals surface area contributed by atoms with Crippen LogP contribution in [0.5, 0.6) is 34.5 Å². The monoisotopic (exact) mass is 522 g/mol. The van der Waals surface area contributed by atoms with Crippen LogP contribution in [-0.4, -0.2) is 89.3 Å². The lowest BCUT2D eigenvalue weighted by Gasteiger charge is -2.39. The highest BCUT2D eigenvalue weighted by Crippen LogP contribution is 2.44. The van der Waals surface area contributed by atoms with Gasteiger partial charge in [0.1, 0.15) is 35.4 Å². The molecule has 0 unspecified atom stereocenters. The molecule has 1 aromatic heterocycles. The molecule has 3 aromatic rings. The van der Waals surface area contributed by atoms with Gasteiger partial charge in [-0.05, 0) is 18.2 Å². The number of benzene rings is 2. The highest BCUT2D eigenvalue weighted by Gasteiger charge is 2.45. The number of ether oxygens (including phenoxy) is 5. The predicted molar refractivity (Wildman–Crippen MR) is 125 cm³/mol. The molecule has 0 spiro atoms. The van der Waals surface area contributed by atoms with E-state index < -0.39 is 54.2 Å². The SMILES string of the molecule is COc1cc2oc(-c3ccc(O[C@@H]4O[C@H](CO)[C@@H](O)[C@H](O)[C@H]4O)c(O)c3)c(OC)c(=O)c2c(O)c1OC. The van der Waals surface area contributed by atoms with Gasteiger partial charge in [0.05, 0.1) is 27.9 Å². The minimum absolute atomic E-state index is 0.0444. The number of hydrogen-bond donors (Lipinski definition) is 6. The number of methoxy groups -OCH3 is 3. The molecule has 1 saturated heterocycles. The second-order valence-corrected chi connectivity index (χ2v) is 8.13. The van der Waals surface area contributed by atoms with Crippen LogP contribution in [0.25, 0.3) is 22.3 Å². The molecule has 0 aliphatic carbocycles. The van der Waals surface area contributed by atoms with Crippen LogP contribution >= 0.6 is 0 Å². The van der Waals surface area contributed by atoms with E-state index in [4.69, 9.17) is 28.1 Å². The topological polar surface area (TPSA) is 198 Å². The standard InChI is InChI=1S/C24H26O13/c1-32-13-7-12-15(17(28)22(13)33-2)18(29)23(34-3)21(35-12)9-4-5-11(10(26)6-9)36-24-20(31)19(30)16(27)14(8-25)37-24/h4-7,14,16,19-20,24-28,30-31H,8H2,1-3H3/t14-,16-,19+,20-,24-/m1/s1. The molecule has 1 aliphatic rings. The first-order valence-electron chi connectivity index (χ1n) is 11.0. The summed E-state index contributed by atoms with van der Waals surface area (Å²) in [4.78, 5) is 13.2. The Morgan fingerprint density at radius 1 is 0.892 bits per heavy atom. The van der Waals surface area contributed by atoms with Gasteiger partial charge in [0.2, 0.25) is 23.2 Å². The molecule has 4 rings (SSSR count). The van der Waals surface area contributed by atoms with Crippen LogP contribution in [0.3, 0.4) is 0 Å². The van der Waals surface area contributed by atoms with Crippen molar-refractivity contribution in [2.75, 3.05) is 27.9 Å². The molecular formula is C24H26O13. The average molecular weight is 522 g/mol. The molecule has 2 heterocycles. The van der Waals surface area contributed by atoms with Crippen molar-refractivity contribution in [1.82, 2.24) is 0 Å². The summed E-state index contributed by atoms with van der Waals surface area (Å²) in [5.41, 5.74) is -0.570. The average Bonchev–Trinajstić information content (AvgIpc) is 2.89. The van der Waals surface area contributed by atoms with Crippen molar-refractivity contribution in [2.24, 2.45) is 0 Å². The van der Waals surface area contributed by atoms with Crippen molar-refractivity contribution in [2.45, 2.75) is 30.7 Å². The highest BCUT2D eigenvalue weighted by molar-refractivity contribution is 5.91. The Labute approximate surface area is 209 Å². The molecule has 0 radical (unpaired) electrons. The van der Waals surface area contributed by atoms with Crippen LogP contribution in [0.2, 0.25) is 0 Å². The van der Waals surface area contributed by atoms with Gasteiger partial charge in [0, 0.05) is 11.6 Å². The third kappa shape index (κ3) is 4.47. The molecule has 5 atom stereocenters. The zero-order valence-corrected chi connectivity index (χ0v) is 19.9. The molecular weight excluding hydrogens is 496 g/mol. The normalized spacial score (nSPS) is 23.6. The van der Waals surface area contributed by atoms with Gasteiger partial charge in [0.25, 0.3) is 0 Å². The number of phenolic OH excluding ortho intramolecular Hbond substituents is 2. The van der Waals surface area contributed by atoms with Gasteiger partial charge in [0.15, 0.2) is 28.8 Å². The zero-order valence-electron chi connectivity index (χ0n) is 19.9. The molecule has 6 N–H and O–H groups in total. The lowest BCUT2D eigenvalue weighted by Crippen LogP contribution is -2.60. The van der Waals surface area contributed by atoms with Crippen LogP contribution < -0.4 is 24.4 Å². The first-order chi connectivity index (χ1) is 17.7. The number of aliphatic hydroxyl groups excluding tert-OH is 4. The van der Waals surface area contributed by atoms with E-state index in [0.717, 1.165) is 0 Å². The Morgan fingerprint density at radius 2 is 1.59 bits per heavy atom. The fourth-order valence-corrected chi connectivity index (χ4v) is 4.05. The van der Waals surface area contributed by atoms with Gasteiger partial charge in [-0.25, -0.2) is 0 Å². The molecule has 1 fully saturated rings.